The molecule has 1 atom stereocenters. The molecular weight excluding hydrogens is 206 g/mol. The molecule has 0 amide bonds. The second-order valence-corrected chi connectivity index (χ2v) is 6.34. The zero-order valence-corrected chi connectivity index (χ0v) is 11.7. The lowest BCUT2D eigenvalue weighted by Crippen LogP contribution is -2.37. The van der Waals surface area contributed by atoms with Crippen LogP contribution in [0.25, 0.3) is 0 Å². The molecule has 1 heteroatoms. The molecule has 2 rings (SSSR count). The monoisotopic (exact) mass is 237 g/mol. The van der Waals surface area contributed by atoms with Gasteiger partial charge >= 0.3 is 0 Å². The third-order valence-corrected chi connectivity index (χ3v) is 4.94. The van der Waals surface area contributed by atoms with Crippen LogP contribution in [0.3, 0.4) is 0 Å². The average molecular weight is 237 g/mol. The van der Waals surface area contributed by atoms with Gasteiger partial charge in [0.1, 0.15) is 0 Å². The Morgan fingerprint density at radius 2 is 1.59 bits per heavy atom. The van der Waals surface area contributed by atoms with Crippen LogP contribution in [0.5, 0.6) is 0 Å². The molecule has 0 radical (unpaired) electrons. The minimum absolute atomic E-state index is 0.848. The molecule has 100 valence electrons. The molecule has 0 aromatic carbocycles. The summed E-state index contributed by atoms with van der Waals surface area (Å²) >= 11 is 0. The normalized spacial score (nSPS) is 25.2. The zero-order valence-electron chi connectivity index (χ0n) is 11.7. The lowest BCUT2D eigenvalue weighted by atomic mass is 9.81. The molecule has 2 aliphatic carbocycles. The van der Waals surface area contributed by atoms with Crippen LogP contribution in [0.2, 0.25) is 0 Å². The Bertz CT molecular complexity index is 190. The van der Waals surface area contributed by atoms with Gasteiger partial charge < -0.3 is 5.32 Å². The van der Waals surface area contributed by atoms with E-state index in [2.05, 4.69) is 12.2 Å². The first-order valence-corrected chi connectivity index (χ1v) is 8.13. The van der Waals surface area contributed by atoms with Crippen LogP contribution in [0.4, 0.5) is 0 Å². The van der Waals surface area contributed by atoms with Gasteiger partial charge in [-0.15, -0.1) is 0 Å². The van der Waals surface area contributed by atoms with Gasteiger partial charge in [-0.2, -0.15) is 0 Å². The number of hydrogen-bond donors (Lipinski definition) is 1. The topological polar surface area (TPSA) is 12.0 Å². The van der Waals surface area contributed by atoms with E-state index < -0.39 is 0 Å². The molecule has 0 spiro atoms. The van der Waals surface area contributed by atoms with Gasteiger partial charge in [0.15, 0.2) is 0 Å². The van der Waals surface area contributed by atoms with Gasteiger partial charge in [0.2, 0.25) is 0 Å². The van der Waals surface area contributed by atoms with E-state index in [4.69, 9.17) is 0 Å². The molecule has 1 unspecified atom stereocenters. The van der Waals surface area contributed by atoms with Gasteiger partial charge in [0.25, 0.3) is 0 Å². The summed E-state index contributed by atoms with van der Waals surface area (Å²) in [5, 5.41) is 3.86. The summed E-state index contributed by atoms with van der Waals surface area (Å²) in [4.78, 5) is 0. The van der Waals surface area contributed by atoms with Crippen molar-refractivity contribution in [3.05, 3.63) is 0 Å². The first-order valence-electron chi connectivity index (χ1n) is 8.13. The van der Waals surface area contributed by atoms with Crippen molar-refractivity contribution < 1.29 is 0 Å². The van der Waals surface area contributed by atoms with Crippen molar-refractivity contribution >= 4 is 0 Å². The maximum atomic E-state index is 3.86. The minimum Gasteiger partial charge on any atom is -0.314 e. The second kappa shape index (κ2) is 7.41. The van der Waals surface area contributed by atoms with E-state index in [0.29, 0.717) is 0 Å². The molecule has 2 fully saturated rings. The van der Waals surface area contributed by atoms with Gasteiger partial charge in [-0.3, -0.25) is 0 Å². The highest BCUT2D eigenvalue weighted by atomic mass is 14.9. The van der Waals surface area contributed by atoms with Gasteiger partial charge in [-0.25, -0.2) is 0 Å². The quantitative estimate of drug-likeness (QED) is 0.716. The molecule has 0 aromatic heterocycles. The summed E-state index contributed by atoms with van der Waals surface area (Å²) in [7, 11) is 0. The van der Waals surface area contributed by atoms with Crippen LogP contribution in [0, 0.1) is 11.8 Å². The molecule has 0 saturated heterocycles. The highest BCUT2D eigenvalue weighted by molar-refractivity contribution is 4.83. The standard InChI is InChI=1S/C16H31N/c1-2-12-17-16(15-10-6-7-11-15)13-14-8-4-3-5-9-14/h14-17H,2-13H2,1H3. The van der Waals surface area contributed by atoms with E-state index >= 15 is 0 Å². The molecule has 0 aliphatic heterocycles. The van der Waals surface area contributed by atoms with Crippen LogP contribution >= 0.6 is 0 Å². The van der Waals surface area contributed by atoms with Crippen LogP contribution in [0.15, 0.2) is 0 Å². The Balaban J connectivity index is 1.80. The maximum Gasteiger partial charge on any atom is 0.00979 e. The third kappa shape index (κ3) is 4.28. The molecule has 1 nitrogen and oxygen atoms in total. The van der Waals surface area contributed by atoms with Crippen molar-refractivity contribution in [1.82, 2.24) is 5.32 Å². The fraction of sp³-hybridized carbons (Fsp3) is 1.00. The van der Waals surface area contributed by atoms with E-state index in [-0.39, 0.29) is 0 Å². The maximum absolute atomic E-state index is 3.86. The zero-order chi connectivity index (χ0) is 11.9. The molecule has 0 bridgehead atoms. The Morgan fingerprint density at radius 3 is 2.24 bits per heavy atom. The number of rotatable bonds is 6. The van der Waals surface area contributed by atoms with E-state index in [1.165, 1.54) is 77.2 Å². The van der Waals surface area contributed by atoms with E-state index in [1.807, 2.05) is 0 Å². The lowest BCUT2D eigenvalue weighted by molar-refractivity contribution is 0.251. The molecule has 2 saturated carbocycles. The van der Waals surface area contributed by atoms with Crippen LogP contribution < -0.4 is 5.32 Å². The van der Waals surface area contributed by atoms with E-state index in [9.17, 15) is 0 Å². The summed E-state index contributed by atoms with van der Waals surface area (Å²) in [5.41, 5.74) is 0. The molecule has 17 heavy (non-hydrogen) atoms. The van der Waals surface area contributed by atoms with Gasteiger partial charge in [0.05, 0.1) is 0 Å². The van der Waals surface area contributed by atoms with Crippen molar-refractivity contribution in [2.24, 2.45) is 11.8 Å². The van der Waals surface area contributed by atoms with Crippen molar-refractivity contribution in [2.45, 2.75) is 83.6 Å². The summed E-state index contributed by atoms with van der Waals surface area (Å²) in [5.74, 6) is 2.04. The van der Waals surface area contributed by atoms with Crippen LogP contribution in [-0.2, 0) is 0 Å². The highest BCUT2D eigenvalue weighted by Gasteiger charge is 2.27. The van der Waals surface area contributed by atoms with Gasteiger partial charge in [-0.1, -0.05) is 51.9 Å². The van der Waals surface area contributed by atoms with E-state index in [0.717, 1.165) is 17.9 Å². The SMILES string of the molecule is CCCNC(CC1CCCCC1)C1CCCC1. The highest BCUT2D eigenvalue weighted by Crippen LogP contribution is 2.34. The Labute approximate surface area is 108 Å². The fourth-order valence-corrected chi connectivity index (χ4v) is 3.91. The molecule has 2 aliphatic rings. The van der Waals surface area contributed by atoms with Gasteiger partial charge in [-0.05, 0) is 44.1 Å². The second-order valence-electron chi connectivity index (χ2n) is 6.34. The van der Waals surface area contributed by atoms with Crippen molar-refractivity contribution in [3.8, 4) is 0 Å². The molecule has 1 N–H and O–H groups in total. The smallest absolute Gasteiger partial charge is 0.00979 e. The lowest BCUT2D eigenvalue weighted by Gasteiger charge is -2.31. The Kier molecular flexibility index (Phi) is 5.84. The summed E-state index contributed by atoms with van der Waals surface area (Å²) in [6.45, 7) is 3.52. The Morgan fingerprint density at radius 1 is 0.941 bits per heavy atom. The fourth-order valence-electron chi connectivity index (χ4n) is 3.91. The number of nitrogens with one attached hydrogen (secondary N) is 1. The minimum atomic E-state index is 0.848. The summed E-state index contributed by atoms with van der Waals surface area (Å²) in [6.07, 6.45) is 16.2. The predicted molar refractivity (Wildman–Crippen MR) is 75.2 cm³/mol. The van der Waals surface area contributed by atoms with Gasteiger partial charge in [0, 0.05) is 6.04 Å². The predicted octanol–water partition coefficient (Wildman–Crippen LogP) is 4.52. The van der Waals surface area contributed by atoms with E-state index in [1.54, 1.807) is 0 Å². The van der Waals surface area contributed by atoms with Crippen molar-refractivity contribution in [2.75, 3.05) is 6.54 Å². The van der Waals surface area contributed by atoms with Crippen molar-refractivity contribution in [1.29, 1.82) is 0 Å². The van der Waals surface area contributed by atoms with Crippen molar-refractivity contribution in [3.63, 3.8) is 0 Å². The summed E-state index contributed by atoms with van der Waals surface area (Å²) in [6, 6.07) is 0.848. The van der Waals surface area contributed by atoms with Crippen LogP contribution in [0.1, 0.15) is 77.6 Å². The molecular formula is C16H31N. The first-order chi connectivity index (χ1) is 8.40. The molecule has 0 heterocycles. The first kappa shape index (κ1) is 13.4. The largest absolute Gasteiger partial charge is 0.314 e. The summed E-state index contributed by atoms with van der Waals surface area (Å²) < 4.78 is 0. The third-order valence-electron chi connectivity index (χ3n) is 4.94. The Hall–Kier alpha value is -0.0400. The molecule has 0 aromatic rings. The number of hydrogen-bond acceptors (Lipinski definition) is 1. The van der Waals surface area contributed by atoms with Crippen LogP contribution in [-0.4, -0.2) is 12.6 Å². The average Bonchev–Trinajstić information content (AvgIpc) is 2.89.